The van der Waals surface area contributed by atoms with E-state index in [2.05, 4.69) is 16.4 Å². The number of carbonyl (C=O) groups is 1. The van der Waals surface area contributed by atoms with Crippen LogP contribution in [0.3, 0.4) is 0 Å². The lowest BCUT2D eigenvalue weighted by Gasteiger charge is -2.07. The summed E-state index contributed by atoms with van der Waals surface area (Å²) >= 11 is 0. The van der Waals surface area contributed by atoms with Gasteiger partial charge in [0.05, 0.1) is 6.20 Å². The van der Waals surface area contributed by atoms with Gasteiger partial charge in [-0.25, -0.2) is 4.39 Å². The Kier molecular flexibility index (Phi) is 6.52. The Balaban J connectivity index is 1.52. The lowest BCUT2D eigenvalue weighted by atomic mass is 10.1. The first-order chi connectivity index (χ1) is 13.6. The Morgan fingerprint density at radius 1 is 1.18 bits per heavy atom. The third-order valence-electron chi connectivity index (χ3n) is 4.20. The number of aromatic nitrogens is 1. The average molecular weight is 376 g/mol. The van der Waals surface area contributed by atoms with Crippen molar-refractivity contribution >= 4 is 12.0 Å². The van der Waals surface area contributed by atoms with E-state index in [1.165, 1.54) is 35.5 Å². The molecule has 0 spiro atoms. The molecule has 0 bridgehead atoms. The molecule has 142 valence electrons. The van der Waals surface area contributed by atoms with Gasteiger partial charge in [-0.1, -0.05) is 30.3 Å². The van der Waals surface area contributed by atoms with Crippen LogP contribution in [0.25, 0.3) is 6.08 Å². The Bertz CT molecular complexity index is 971. The summed E-state index contributed by atoms with van der Waals surface area (Å²) in [6, 6.07) is 16.0. The first-order valence-corrected chi connectivity index (χ1v) is 8.99. The van der Waals surface area contributed by atoms with Crippen molar-refractivity contribution in [2.75, 3.05) is 6.54 Å². The van der Waals surface area contributed by atoms with Crippen LogP contribution in [0.15, 0.2) is 73.1 Å². The summed E-state index contributed by atoms with van der Waals surface area (Å²) in [5, 5.41) is 2.84. The van der Waals surface area contributed by atoms with E-state index in [4.69, 9.17) is 4.74 Å². The fourth-order valence-corrected chi connectivity index (χ4v) is 2.68. The fourth-order valence-electron chi connectivity index (χ4n) is 2.68. The number of pyridine rings is 1. The topological polar surface area (TPSA) is 51.2 Å². The quantitative estimate of drug-likeness (QED) is 0.609. The molecule has 1 N–H and O–H groups in total. The van der Waals surface area contributed by atoms with Gasteiger partial charge in [-0.3, -0.25) is 9.78 Å². The second-order valence-electron chi connectivity index (χ2n) is 6.28. The maximum Gasteiger partial charge on any atom is 0.244 e. The fraction of sp³-hybridized carbons (Fsp3) is 0.130. The largest absolute Gasteiger partial charge is 0.453 e. The third-order valence-corrected chi connectivity index (χ3v) is 4.20. The molecule has 1 amide bonds. The molecule has 0 unspecified atom stereocenters. The maximum absolute atomic E-state index is 14.2. The first kappa shape index (κ1) is 19.3. The summed E-state index contributed by atoms with van der Waals surface area (Å²) in [7, 11) is 0. The molecule has 1 aromatic heterocycles. The van der Waals surface area contributed by atoms with Crippen LogP contribution < -0.4 is 10.1 Å². The van der Waals surface area contributed by atoms with Crippen LogP contribution in [-0.2, 0) is 11.2 Å². The zero-order valence-corrected chi connectivity index (χ0v) is 15.6. The van der Waals surface area contributed by atoms with Gasteiger partial charge in [-0.05, 0) is 60.4 Å². The van der Waals surface area contributed by atoms with Crippen molar-refractivity contribution in [2.24, 2.45) is 0 Å². The Hall–Kier alpha value is -3.47. The van der Waals surface area contributed by atoms with Crippen molar-refractivity contribution < 1.29 is 13.9 Å². The molecule has 0 radical (unpaired) electrons. The summed E-state index contributed by atoms with van der Waals surface area (Å²) in [5.41, 5.74) is 2.99. The van der Waals surface area contributed by atoms with Crippen LogP contribution in [0, 0.1) is 12.7 Å². The number of benzene rings is 2. The molecule has 0 aliphatic heterocycles. The van der Waals surface area contributed by atoms with Gasteiger partial charge >= 0.3 is 0 Å². The number of nitrogens with one attached hydrogen (secondary N) is 1. The zero-order chi connectivity index (χ0) is 19.8. The van der Waals surface area contributed by atoms with Crippen molar-refractivity contribution in [1.82, 2.24) is 10.3 Å². The maximum atomic E-state index is 14.2. The summed E-state index contributed by atoms with van der Waals surface area (Å²) < 4.78 is 19.7. The predicted octanol–water partition coefficient (Wildman–Crippen LogP) is 4.69. The van der Waals surface area contributed by atoms with Gasteiger partial charge in [0.1, 0.15) is 5.75 Å². The Labute approximate surface area is 163 Å². The molecule has 3 aromatic rings. The van der Waals surface area contributed by atoms with Crippen molar-refractivity contribution in [3.63, 3.8) is 0 Å². The predicted molar refractivity (Wildman–Crippen MR) is 108 cm³/mol. The molecule has 0 aliphatic rings. The summed E-state index contributed by atoms with van der Waals surface area (Å²) in [6.07, 6.45) is 6.85. The van der Waals surface area contributed by atoms with Crippen LogP contribution in [0.1, 0.15) is 16.7 Å². The van der Waals surface area contributed by atoms with Gasteiger partial charge in [-0.15, -0.1) is 0 Å². The number of carbonyl (C=O) groups excluding carboxylic acids is 1. The summed E-state index contributed by atoms with van der Waals surface area (Å²) in [6.45, 7) is 2.59. The number of hydrogen-bond donors (Lipinski definition) is 1. The lowest BCUT2D eigenvalue weighted by Crippen LogP contribution is -2.23. The highest BCUT2D eigenvalue weighted by atomic mass is 19.1. The minimum absolute atomic E-state index is 0.104. The molecule has 28 heavy (non-hydrogen) atoms. The van der Waals surface area contributed by atoms with E-state index >= 15 is 0 Å². The molecule has 1 heterocycles. The monoisotopic (exact) mass is 376 g/mol. The second-order valence-corrected chi connectivity index (χ2v) is 6.28. The van der Waals surface area contributed by atoms with E-state index in [1.54, 1.807) is 30.5 Å². The van der Waals surface area contributed by atoms with Crippen LogP contribution in [0.2, 0.25) is 0 Å². The Morgan fingerprint density at radius 3 is 2.79 bits per heavy atom. The number of aryl methyl sites for hydroxylation is 1. The molecular weight excluding hydrogens is 355 g/mol. The van der Waals surface area contributed by atoms with Crippen molar-refractivity contribution in [3.8, 4) is 11.5 Å². The van der Waals surface area contributed by atoms with Crippen LogP contribution in [0.5, 0.6) is 11.5 Å². The van der Waals surface area contributed by atoms with Crippen LogP contribution in [0.4, 0.5) is 4.39 Å². The molecule has 0 aliphatic carbocycles. The van der Waals surface area contributed by atoms with Gasteiger partial charge in [0.15, 0.2) is 11.6 Å². The van der Waals surface area contributed by atoms with Crippen molar-refractivity contribution in [2.45, 2.75) is 13.3 Å². The molecule has 3 rings (SSSR count). The van der Waals surface area contributed by atoms with Crippen LogP contribution >= 0.6 is 0 Å². The molecule has 0 saturated heterocycles. The number of hydrogen-bond acceptors (Lipinski definition) is 3. The van der Waals surface area contributed by atoms with Crippen LogP contribution in [-0.4, -0.2) is 17.4 Å². The summed E-state index contributed by atoms with van der Waals surface area (Å²) in [4.78, 5) is 15.9. The Morgan fingerprint density at radius 2 is 2.04 bits per heavy atom. The van der Waals surface area contributed by atoms with E-state index in [-0.39, 0.29) is 11.7 Å². The normalized spacial score (nSPS) is 10.8. The number of ether oxygens (including phenoxy) is 1. The first-order valence-electron chi connectivity index (χ1n) is 8.99. The van der Waals surface area contributed by atoms with Crippen molar-refractivity contribution in [3.05, 3.63) is 95.6 Å². The van der Waals surface area contributed by atoms with Gasteiger partial charge in [0, 0.05) is 18.8 Å². The van der Waals surface area contributed by atoms with Gasteiger partial charge < -0.3 is 10.1 Å². The van der Waals surface area contributed by atoms with Gasteiger partial charge in [0.2, 0.25) is 5.91 Å². The molecule has 2 aromatic carbocycles. The highest BCUT2D eigenvalue weighted by molar-refractivity contribution is 5.91. The molecule has 4 nitrogen and oxygen atoms in total. The molecule has 0 saturated carbocycles. The highest BCUT2D eigenvalue weighted by Crippen LogP contribution is 2.24. The molecule has 0 fully saturated rings. The molecular formula is C23H21FN2O2. The average Bonchev–Trinajstić information content (AvgIpc) is 2.70. The van der Waals surface area contributed by atoms with E-state index < -0.39 is 5.82 Å². The van der Waals surface area contributed by atoms with Gasteiger partial charge in [0.25, 0.3) is 0 Å². The molecule has 5 heteroatoms. The van der Waals surface area contributed by atoms with E-state index in [9.17, 15) is 9.18 Å². The van der Waals surface area contributed by atoms with Crippen molar-refractivity contribution in [1.29, 1.82) is 0 Å². The third kappa shape index (κ3) is 5.51. The molecule has 0 atom stereocenters. The van der Waals surface area contributed by atoms with Gasteiger partial charge in [-0.2, -0.15) is 0 Å². The van der Waals surface area contributed by atoms with E-state index in [1.807, 2.05) is 25.1 Å². The SMILES string of the molecule is Cc1ccccc1CCNC(=O)/C=C/c1ccc(Oc2cccnc2)c(F)c1. The zero-order valence-electron chi connectivity index (χ0n) is 15.6. The number of nitrogens with zero attached hydrogens (tertiary/aromatic N) is 1. The second kappa shape index (κ2) is 9.46. The lowest BCUT2D eigenvalue weighted by molar-refractivity contribution is -0.116. The number of amides is 1. The highest BCUT2D eigenvalue weighted by Gasteiger charge is 2.06. The smallest absolute Gasteiger partial charge is 0.244 e. The minimum Gasteiger partial charge on any atom is -0.453 e. The number of rotatable bonds is 7. The number of halogens is 1. The van der Waals surface area contributed by atoms with E-state index in [0.29, 0.717) is 17.9 Å². The minimum atomic E-state index is -0.508. The summed E-state index contributed by atoms with van der Waals surface area (Å²) in [5.74, 6) is -0.166. The van der Waals surface area contributed by atoms with E-state index in [0.717, 1.165) is 6.42 Å². The standard InChI is InChI=1S/C23H21FN2O2/c1-17-5-2-3-6-19(17)12-14-26-23(27)11-9-18-8-10-22(21(24)15-18)28-20-7-4-13-25-16-20/h2-11,13,15-16H,12,14H2,1H3,(H,26,27)/b11-9+.